The molecule has 2 aromatic carbocycles. The van der Waals surface area contributed by atoms with Gasteiger partial charge in [0.2, 0.25) is 5.91 Å². The molecule has 0 aromatic heterocycles. The Bertz CT molecular complexity index is 715. The highest BCUT2D eigenvalue weighted by atomic mass is 35.5. The SMILES string of the molecule is CCN(CC)C(C)C(=O)NC1c2ccccc2CC1c1ccccc1.Cl. The van der Waals surface area contributed by atoms with Crippen LogP contribution in [0.3, 0.4) is 0 Å². The fraction of sp³-hybridized carbons (Fsp3) is 0.409. The predicted octanol–water partition coefficient (Wildman–Crippen LogP) is 4.34. The minimum absolute atomic E-state index is 0. The molecule has 0 bridgehead atoms. The Balaban J connectivity index is 0.00000243. The smallest absolute Gasteiger partial charge is 0.237 e. The Morgan fingerprint density at radius 3 is 2.35 bits per heavy atom. The zero-order chi connectivity index (χ0) is 17.8. The predicted molar refractivity (Wildman–Crippen MR) is 110 cm³/mol. The molecule has 3 atom stereocenters. The van der Waals surface area contributed by atoms with E-state index in [1.807, 2.05) is 13.0 Å². The second kappa shape index (κ2) is 9.20. The lowest BCUT2D eigenvalue weighted by Crippen LogP contribution is -2.46. The number of halogens is 1. The fourth-order valence-electron chi connectivity index (χ4n) is 3.99. The minimum atomic E-state index is -0.112. The lowest BCUT2D eigenvalue weighted by molar-refractivity contribution is -0.126. The zero-order valence-electron chi connectivity index (χ0n) is 15.8. The van der Waals surface area contributed by atoms with Crippen LogP contribution in [0, 0.1) is 0 Å². The highest BCUT2D eigenvalue weighted by molar-refractivity contribution is 5.85. The molecule has 0 saturated carbocycles. The third-order valence-electron chi connectivity index (χ3n) is 5.50. The monoisotopic (exact) mass is 372 g/mol. The van der Waals surface area contributed by atoms with Gasteiger partial charge >= 0.3 is 0 Å². The zero-order valence-corrected chi connectivity index (χ0v) is 16.6. The fourth-order valence-corrected chi connectivity index (χ4v) is 3.99. The van der Waals surface area contributed by atoms with Gasteiger partial charge in [0.25, 0.3) is 0 Å². The number of hydrogen-bond acceptors (Lipinski definition) is 2. The number of carbonyl (C=O) groups is 1. The van der Waals surface area contributed by atoms with E-state index in [1.54, 1.807) is 0 Å². The van der Waals surface area contributed by atoms with Crippen LogP contribution in [0.15, 0.2) is 54.6 Å². The molecule has 1 aliphatic rings. The number of hydrogen-bond donors (Lipinski definition) is 1. The summed E-state index contributed by atoms with van der Waals surface area (Å²) in [5.74, 6) is 0.415. The molecule has 0 saturated heterocycles. The molecular weight excluding hydrogens is 344 g/mol. The van der Waals surface area contributed by atoms with Gasteiger partial charge in [-0.1, -0.05) is 68.4 Å². The number of carbonyl (C=O) groups excluding carboxylic acids is 1. The summed E-state index contributed by atoms with van der Waals surface area (Å²) in [5, 5.41) is 3.35. The first-order chi connectivity index (χ1) is 12.2. The Morgan fingerprint density at radius 2 is 1.69 bits per heavy atom. The average Bonchev–Trinajstić information content (AvgIpc) is 3.02. The Labute approximate surface area is 163 Å². The molecular formula is C22H29ClN2O. The number of amides is 1. The van der Waals surface area contributed by atoms with Crippen LogP contribution in [-0.2, 0) is 11.2 Å². The molecule has 2 aromatic rings. The summed E-state index contributed by atoms with van der Waals surface area (Å²) < 4.78 is 0. The largest absolute Gasteiger partial charge is 0.347 e. The standard InChI is InChI=1S/C22H28N2O.ClH/c1-4-24(5-2)16(3)22(25)23-21-19-14-10-9-13-18(19)15-20(21)17-11-7-6-8-12-17;/h6-14,16,20-21H,4-5,15H2,1-3H3,(H,23,25);1H. The summed E-state index contributed by atoms with van der Waals surface area (Å²) in [7, 11) is 0. The Kier molecular flexibility index (Phi) is 7.24. The van der Waals surface area contributed by atoms with Crippen molar-refractivity contribution >= 4 is 18.3 Å². The third-order valence-corrected chi connectivity index (χ3v) is 5.50. The molecule has 0 heterocycles. The molecule has 140 valence electrons. The van der Waals surface area contributed by atoms with Gasteiger partial charge < -0.3 is 5.32 Å². The van der Waals surface area contributed by atoms with E-state index in [2.05, 4.69) is 72.6 Å². The van der Waals surface area contributed by atoms with Crippen LogP contribution < -0.4 is 5.32 Å². The third kappa shape index (κ3) is 4.11. The van der Waals surface area contributed by atoms with E-state index >= 15 is 0 Å². The minimum Gasteiger partial charge on any atom is -0.347 e. The molecule has 0 radical (unpaired) electrons. The molecule has 0 spiro atoms. The lowest BCUT2D eigenvalue weighted by atomic mass is 9.92. The van der Waals surface area contributed by atoms with Crippen molar-refractivity contribution in [2.24, 2.45) is 0 Å². The first kappa shape index (κ1) is 20.5. The molecule has 0 aliphatic heterocycles. The summed E-state index contributed by atoms with van der Waals surface area (Å²) in [5.41, 5.74) is 3.90. The van der Waals surface area contributed by atoms with Crippen LogP contribution in [0.1, 0.15) is 49.4 Å². The molecule has 3 unspecified atom stereocenters. The number of fused-ring (bicyclic) bond motifs is 1. The van der Waals surface area contributed by atoms with E-state index in [4.69, 9.17) is 0 Å². The second-order valence-electron chi connectivity index (χ2n) is 6.80. The van der Waals surface area contributed by atoms with Crippen molar-refractivity contribution in [1.82, 2.24) is 10.2 Å². The van der Waals surface area contributed by atoms with Crippen molar-refractivity contribution in [3.63, 3.8) is 0 Å². The van der Waals surface area contributed by atoms with Crippen molar-refractivity contribution in [3.05, 3.63) is 71.3 Å². The van der Waals surface area contributed by atoms with E-state index in [1.165, 1.54) is 16.7 Å². The van der Waals surface area contributed by atoms with E-state index in [-0.39, 0.29) is 30.4 Å². The van der Waals surface area contributed by atoms with Crippen molar-refractivity contribution in [2.45, 2.75) is 45.2 Å². The number of rotatable bonds is 6. The molecule has 0 fully saturated rings. The van der Waals surface area contributed by atoms with Crippen LogP contribution in [0.25, 0.3) is 0 Å². The first-order valence-electron chi connectivity index (χ1n) is 9.32. The molecule has 1 N–H and O–H groups in total. The number of likely N-dealkylation sites (N-methyl/N-ethyl adjacent to an activating group) is 1. The summed E-state index contributed by atoms with van der Waals surface area (Å²) in [6.07, 6.45) is 0.977. The summed E-state index contributed by atoms with van der Waals surface area (Å²) in [6.45, 7) is 7.97. The molecule has 3 nitrogen and oxygen atoms in total. The topological polar surface area (TPSA) is 32.3 Å². The molecule has 3 rings (SSSR count). The molecule has 1 amide bonds. The van der Waals surface area contributed by atoms with E-state index in [9.17, 15) is 4.79 Å². The van der Waals surface area contributed by atoms with E-state index in [0.717, 1.165) is 19.5 Å². The summed E-state index contributed by atoms with van der Waals surface area (Å²) in [4.78, 5) is 15.1. The lowest BCUT2D eigenvalue weighted by Gasteiger charge is -2.29. The van der Waals surface area contributed by atoms with Crippen LogP contribution in [-0.4, -0.2) is 29.9 Å². The van der Waals surface area contributed by atoms with Crippen LogP contribution in [0.2, 0.25) is 0 Å². The Morgan fingerprint density at radius 1 is 1.08 bits per heavy atom. The van der Waals surface area contributed by atoms with Crippen molar-refractivity contribution in [2.75, 3.05) is 13.1 Å². The Hall–Kier alpha value is -1.84. The average molecular weight is 373 g/mol. The van der Waals surface area contributed by atoms with Crippen molar-refractivity contribution in [3.8, 4) is 0 Å². The van der Waals surface area contributed by atoms with Gasteiger partial charge in [0.1, 0.15) is 0 Å². The van der Waals surface area contributed by atoms with Gasteiger partial charge in [-0.05, 0) is 43.1 Å². The highest BCUT2D eigenvalue weighted by Gasteiger charge is 2.35. The molecule has 1 aliphatic carbocycles. The van der Waals surface area contributed by atoms with E-state index < -0.39 is 0 Å². The maximum absolute atomic E-state index is 12.9. The highest BCUT2D eigenvalue weighted by Crippen LogP contribution is 2.42. The van der Waals surface area contributed by atoms with Gasteiger partial charge in [0.15, 0.2) is 0 Å². The number of benzene rings is 2. The van der Waals surface area contributed by atoms with E-state index in [0.29, 0.717) is 5.92 Å². The van der Waals surface area contributed by atoms with Crippen LogP contribution in [0.5, 0.6) is 0 Å². The van der Waals surface area contributed by atoms with Gasteiger partial charge in [0.05, 0.1) is 12.1 Å². The maximum atomic E-state index is 12.9. The van der Waals surface area contributed by atoms with Gasteiger partial charge in [-0.15, -0.1) is 12.4 Å². The maximum Gasteiger partial charge on any atom is 0.237 e. The van der Waals surface area contributed by atoms with Crippen molar-refractivity contribution < 1.29 is 4.79 Å². The normalized spacial score (nSPS) is 19.5. The molecule has 4 heteroatoms. The van der Waals surface area contributed by atoms with Gasteiger partial charge in [-0.25, -0.2) is 0 Å². The van der Waals surface area contributed by atoms with Gasteiger partial charge in [0, 0.05) is 5.92 Å². The quantitative estimate of drug-likeness (QED) is 0.818. The number of nitrogens with zero attached hydrogens (tertiary/aromatic N) is 1. The number of nitrogens with one attached hydrogen (secondary N) is 1. The molecule has 26 heavy (non-hydrogen) atoms. The van der Waals surface area contributed by atoms with Crippen LogP contribution >= 0.6 is 12.4 Å². The first-order valence-corrected chi connectivity index (χ1v) is 9.32. The van der Waals surface area contributed by atoms with Gasteiger partial charge in [-0.2, -0.15) is 0 Å². The van der Waals surface area contributed by atoms with Crippen LogP contribution in [0.4, 0.5) is 0 Å². The summed E-state index contributed by atoms with van der Waals surface area (Å²) >= 11 is 0. The summed E-state index contributed by atoms with van der Waals surface area (Å²) in [6, 6.07) is 19.0. The van der Waals surface area contributed by atoms with Crippen molar-refractivity contribution in [1.29, 1.82) is 0 Å². The second-order valence-corrected chi connectivity index (χ2v) is 6.80. The van der Waals surface area contributed by atoms with Gasteiger partial charge in [-0.3, -0.25) is 9.69 Å².